The quantitative estimate of drug-likeness (QED) is 0.522. The van der Waals surface area contributed by atoms with Gasteiger partial charge in [0.25, 0.3) is 15.9 Å². The minimum absolute atomic E-state index is 0.0458. The molecule has 0 unspecified atom stereocenters. The van der Waals surface area contributed by atoms with Crippen molar-refractivity contribution >= 4 is 39.1 Å². The topological polar surface area (TPSA) is 105 Å². The number of amides is 2. The van der Waals surface area contributed by atoms with Crippen LogP contribution in [0.1, 0.15) is 29.6 Å². The highest BCUT2D eigenvalue weighted by Crippen LogP contribution is 2.22. The Bertz CT molecular complexity index is 1060. The lowest BCUT2D eigenvalue weighted by molar-refractivity contribution is -0.126. The summed E-state index contributed by atoms with van der Waals surface area (Å²) in [6.45, 7) is 2.07. The van der Waals surface area contributed by atoms with Crippen molar-refractivity contribution < 1.29 is 22.7 Å². The molecule has 2 amide bonds. The molecule has 1 aliphatic heterocycles. The lowest BCUT2D eigenvalue weighted by Gasteiger charge is -2.32. The molecular weight excluding hydrogens is 466 g/mol. The zero-order valence-corrected chi connectivity index (χ0v) is 20.0. The molecule has 0 bridgehead atoms. The Hall–Kier alpha value is -2.62. The summed E-state index contributed by atoms with van der Waals surface area (Å²) in [5.74, 6) is -0.467. The van der Waals surface area contributed by atoms with E-state index in [9.17, 15) is 18.0 Å². The van der Waals surface area contributed by atoms with Gasteiger partial charge in [-0.1, -0.05) is 11.6 Å². The van der Waals surface area contributed by atoms with Crippen LogP contribution in [0.5, 0.6) is 0 Å². The fraction of sp³-hybridized carbons (Fsp3) is 0.391. The average Bonchev–Trinajstić information content (AvgIpc) is 2.82. The maximum Gasteiger partial charge on any atom is 0.261 e. The van der Waals surface area contributed by atoms with Gasteiger partial charge in [-0.2, -0.15) is 0 Å². The van der Waals surface area contributed by atoms with E-state index in [2.05, 4.69) is 10.0 Å². The molecule has 178 valence electrons. The molecule has 8 nitrogen and oxygen atoms in total. The fourth-order valence-corrected chi connectivity index (χ4v) is 4.82. The van der Waals surface area contributed by atoms with E-state index >= 15 is 0 Å². The zero-order valence-electron chi connectivity index (χ0n) is 18.4. The van der Waals surface area contributed by atoms with Gasteiger partial charge in [0, 0.05) is 49.6 Å². The van der Waals surface area contributed by atoms with Crippen molar-refractivity contribution in [3.63, 3.8) is 0 Å². The van der Waals surface area contributed by atoms with Crippen molar-refractivity contribution in [3.05, 3.63) is 59.1 Å². The van der Waals surface area contributed by atoms with Crippen LogP contribution < -0.4 is 10.0 Å². The largest absolute Gasteiger partial charge is 0.385 e. The Kier molecular flexibility index (Phi) is 8.71. The summed E-state index contributed by atoms with van der Waals surface area (Å²) in [6.07, 6.45) is 2.23. The van der Waals surface area contributed by atoms with Crippen LogP contribution in [0.3, 0.4) is 0 Å². The minimum atomic E-state index is -3.77. The Morgan fingerprint density at radius 1 is 1.12 bits per heavy atom. The Labute approximate surface area is 199 Å². The molecule has 10 heteroatoms. The summed E-state index contributed by atoms with van der Waals surface area (Å²) < 4.78 is 32.5. The zero-order chi connectivity index (χ0) is 23.8. The number of ether oxygens (including phenoxy) is 1. The molecule has 2 aromatic carbocycles. The van der Waals surface area contributed by atoms with Gasteiger partial charge in [0.1, 0.15) is 0 Å². The maximum absolute atomic E-state index is 12.9. The first-order valence-corrected chi connectivity index (χ1v) is 12.6. The number of sulfonamides is 1. The number of rotatable bonds is 9. The van der Waals surface area contributed by atoms with Gasteiger partial charge in [0.15, 0.2) is 0 Å². The van der Waals surface area contributed by atoms with Crippen LogP contribution in [0.25, 0.3) is 0 Å². The fourth-order valence-electron chi connectivity index (χ4n) is 3.64. The predicted molar refractivity (Wildman–Crippen MR) is 127 cm³/mol. The summed E-state index contributed by atoms with van der Waals surface area (Å²) in [6, 6.07) is 12.1. The summed E-state index contributed by atoms with van der Waals surface area (Å²) in [7, 11) is -2.15. The van der Waals surface area contributed by atoms with Crippen molar-refractivity contribution in [1.29, 1.82) is 0 Å². The number of piperidine rings is 1. The van der Waals surface area contributed by atoms with Gasteiger partial charge < -0.3 is 15.0 Å². The smallest absolute Gasteiger partial charge is 0.261 e. The molecule has 0 aliphatic carbocycles. The van der Waals surface area contributed by atoms with E-state index in [1.165, 1.54) is 24.3 Å². The molecule has 1 saturated heterocycles. The molecule has 2 aromatic rings. The number of carbonyl (C=O) groups excluding carboxylic acids is 2. The van der Waals surface area contributed by atoms with Crippen molar-refractivity contribution in [2.75, 3.05) is 38.1 Å². The average molecular weight is 494 g/mol. The highest BCUT2D eigenvalue weighted by atomic mass is 35.5. The van der Waals surface area contributed by atoms with Crippen molar-refractivity contribution in [2.45, 2.75) is 24.2 Å². The highest BCUT2D eigenvalue weighted by molar-refractivity contribution is 7.92. The molecule has 0 saturated carbocycles. The molecule has 0 aromatic heterocycles. The second-order valence-electron chi connectivity index (χ2n) is 7.86. The summed E-state index contributed by atoms with van der Waals surface area (Å²) in [5.41, 5.74) is 0.777. The molecule has 0 radical (unpaired) electrons. The normalized spacial score (nSPS) is 16.3. The number of nitrogens with one attached hydrogen (secondary N) is 2. The Morgan fingerprint density at radius 3 is 2.48 bits per heavy atom. The van der Waals surface area contributed by atoms with E-state index in [1.807, 2.05) is 0 Å². The van der Waals surface area contributed by atoms with Crippen molar-refractivity contribution in [1.82, 2.24) is 10.2 Å². The number of hydrogen-bond acceptors (Lipinski definition) is 5. The van der Waals surface area contributed by atoms with E-state index < -0.39 is 10.0 Å². The van der Waals surface area contributed by atoms with E-state index in [4.69, 9.17) is 16.3 Å². The van der Waals surface area contributed by atoms with Gasteiger partial charge in [0.05, 0.1) is 10.8 Å². The number of anilines is 1. The van der Waals surface area contributed by atoms with Crippen LogP contribution in [0.15, 0.2) is 53.4 Å². The van der Waals surface area contributed by atoms with Crippen LogP contribution in [0.4, 0.5) is 5.69 Å². The lowest BCUT2D eigenvalue weighted by Crippen LogP contribution is -2.45. The second kappa shape index (κ2) is 11.5. The van der Waals surface area contributed by atoms with E-state index in [0.29, 0.717) is 42.5 Å². The van der Waals surface area contributed by atoms with Crippen LogP contribution in [0, 0.1) is 5.92 Å². The van der Waals surface area contributed by atoms with E-state index in [1.54, 1.807) is 36.3 Å². The van der Waals surface area contributed by atoms with Gasteiger partial charge in [-0.15, -0.1) is 0 Å². The number of nitrogens with zero attached hydrogens (tertiary/aromatic N) is 1. The van der Waals surface area contributed by atoms with Gasteiger partial charge >= 0.3 is 0 Å². The van der Waals surface area contributed by atoms with Gasteiger partial charge in [0.2, 0.25) is 5.91 Å². The van der Waals surface area contributed by atoms with Crippen molar-refractivity contribution in [2.24, 2.45) is 5.92 Å². The van der Waals surface area contributed by atoms with Gasteiger partial charge in [-0.05, 0) is 67.8 Å². The molecule has 2 N–H and O–H groups in total. The summed E-state index contributed by atoms with van der Waals surface area (Å²) in [5, 5.41) is 3.35. The number of carbonyl (C=O) groups is 2. The number of hydrogen-bond donors (Lipinski definition) is 2. The third-order valence-electron chi connectivity index (χ3n) is 5.41. The van der Waals surface area contributed by atoms with Crippen molar-refractivity contribution in [3.8, 4) is 0 Å². The van der Waals surface area contributed by atoms with Gasteiger partial charge in [-0.25, -0.2) is 8.42 Å². The summed E-state index contributed by atoms with van der Waals surface area (Å²) >= 11 is 5.82. The number of benzene rings is 2. The first-order valence-electron chi connectivity index (χ1n) is 10.7. The molecule has 1 fully saturated rings. The molecule has 1 heterocycles. The van der Waals surface area contributed by atoms with Gasteiger partial charge in [-0.3, -0.25) is 14.3 Å². The van der Waals surface area contributed by atoms with Crippen LogP contribution in [-0.2, 0) is 19.6 Å². The van der Waals surface area contributed by atoms with Crippen LogP contribution in [-0.4, -0.2) is 58.5 Å². The standard InChI is InChI=1S/C23H28ClN3O5S/c1-32-15-3-13-25-22(28)18-4-2-14-27(16-18)23(29)17-5-9-20(10-6-17)26-33(30,31)21-11-7-19(24)8-12-21/h5-12,18,26H,2-4,13-16H2,1H3,(H,25,28)/t18-/m1/s1. The third kappa shape index (κ3) is 6.93. The number of likely N-dealkylation sites (tertiary alicyclic amines) is 1. The second-order valence-corrected chi connectivity index (χ2v) is 9.98. The Morgan fingerprint density at radius 2 is 1.82 bits per heavy atom. The number of methoxy groups -OCH3 is 1. The molecular formula is C23H28ClN3O5S. The van der Waals surface area contributed by atoms with Crippen LogP contribution in [0.2, 0.25) is 5.02 Å². The lowest BCUT2D eigenvalue weighted by atomic mass is 9.96. The first-order chi connectivity index (χ1) is 15.8. The third-order valence-corrected chi connectivity index (χ3v) is 7.06. The first kappa shape index (κ1) is 25.0. The molecule has 0 spiro atoms. The predicted octanol–water partition coefficient (Wildman–Crippen LogP) is 3.15. The summed E-state index contributed by atoms with van der Waals surface area (Å²) in [4.78, 5) is 27.1. The SMILES string of the molecule is COCCCNC(=O)[C@@H]1CCCN(C(=O)c2ccc(NS(=O)(=O)c3ccc(Cl)cc3)cc2)C1. The molecule has 1 aliphatic rings. The molecule has 3 rings (SSSR count). The maximum atomic E-state index is 12.9. The highest BCUT2D eigenvalue weighted by Gasteiger charge is 2.28. The minimum Gasteiger partial charge on any atom is -0.385 e. The van der Waals surface area contributed by atoms with E-state index in [-0.39, 0.29) is 22.6 Å². The Balaban J connectivity index is 1.59. The molecule has 33 heavy (non-hydrogen) atoms. The molecule has 1 atom stereocenters. The van der Waals surface area contributed by atoms with Crippen LogP contribution >= 0.6 is 11.6 Å². The monoisotopic (exact) mass is 493 g/mol. The van der Waals surface area contributed by atoms with E-state index in [0.717, 1.165) is 19.3 Å². The number of halogens is 1.